The van der Waals surface area contributed by atoms with Crippen molar-refractivity contribution in [2.24, 2.45) is 5.92 Å². The molecule has 94 valence electrons. The van der Waals surface area contributed by atoms with E-state index >= 15 is 0 Å². The largest absolute Gasteiger partial charge is 0.387 e. The first-order valence-electron chi connectivity index (χ1n) is 6.73. The van der Waals surface area contributed by atoms with Crippen LogP contribution in [0.2, 0.25) is 0 Å². The van der Waals surface area contributed by atoms with E-state index in [9.17, 15) is 5.11 Å². The van der Waals surface area contributed by atoms with Gasteiger partial charge >= 0.3 is 0 Å². The van der Waals surface area contributed by atoms with Crippen molar-refractivity contribution in [3.05, 3.63) is 0 Å². The minimum Gasteiger partial charge on any atom is -0.387 e. The molecule has 0 aromatic rings. The third kappa shape index (κ3) is 3.44. The predicted octanol–water partition coefficient (Wildman–Crippen LogP) is 1.70. The van der Waals surface area contributed by atoms with Gasteiger partial charge in [0.1, 0.15) is 0 Å². The number of hydrogen-bond acceptors (Lipinski definition) is 3. The molecule has 3 nitrogen and oxygen atoms in total. The Hall–Kier alpha value is -0.120. The van der Waals surface area contributed by atoms with Crippen LogP contribution in [0.15, 0.2) is 0 Å². The first-order chi connectivity index (χ1) is 7.68. The summed E-state index contributed by atoms with van der Waals surface area (Å²) >= 11 is 0. The van der Waals surface area contributed by atoms with Crippen molar-refractivity contribution < 1.29 is 9.84 Å². The van der Waals surface area contributed by atoms with E-state index in [-0.39, 0.29) is 0 Å². The van der Waals surface area contributed by atoms with Crippen molar-refractivity contribution in [1.82, 2.24) is 5.32 Å². The van der Waals surface area contributed by atoms with Gasteiger partial charge in [-0.1, -0.05) is 19.8 Å². The average molecular weight is 227 g/mol. The third-order valence-corrected chi connectivity index (χ3v) is 4.01. The van der Waals surface area contributed by atoms with Crippen LogP contribution in [0.5, 0.6) is 0 Å². The number of ether oxygens (including phenoxy) is 1. The Morgan fingerprint density at radius 3 is 2.75 bits per heavy atom. The molecule has 1 saturated carbocycles. The number of rotatable bonds is 3. The smallest absolute Gasteiger partial charge is 0.0904 e. The molecule has 2 fully saturated rings. The zero-order valence-electron chi connectivity index (χ0n) is 10.4. The number of hydrogen-bond donors (Lipinski definition) is 2. The van der Waals surface area contributed by atoms with E-state index < -0.39 is 5.60 Å². The van der Waals surface area contributed by atoms with Crippen molar-refractivity contribution in [2.45, 2.75) is 57.2 Å². The van der Waals surface area contributed by atoms with Crippen LogP contribution in [0, 0.1) is 5.92 Å². The van der Waals surface area contributed by atoms with Gasteiger partial charge in [-0.15, -0.1) is 0 Å². The Balaban J connectivity index is 1.73. The van der Waals surface area contributed by atoms with E-state index in [0.717, 1.165) is 31.8 Å². The third-order valence-electron chi connectivity index (χ3n) is 4.01. The fourth-order valence-corrected chi connectivity index (χ4v) is 2.84. The second-order valence-corrected chi connectivity index (χ2v) is 5.68. The molecule has 2 aliphatic rings. The maximum Gasteiger partial charge on any atom is 0.0904 e. The number of piperidine rings is 1. The van der Waals surface area contributed by atoms with Crippen molar-refractivity contribution in [3.8, 4) is 0 Å². The molecule has 0 amide bonds. The minimum absolute atomic E-state index is 0.391. The molecule has 0 spiro atoms. The summed E-state index contributed by atoms with van der Waals surface area (Å²) in [4.78, 5) is 0. The summed E-state index contributed by atoms with van der Waals surface area (Å²) in [5.74, 6) is 0.793. The van der Waals surface area contributed by atoms with Gasteiger partial charge in [0.25, 0.3) is 0 Å². The molecule has 1 aliphatic heterocycles. The summed E-state index contributed by atoms with van der Waals surface area (Å²) in [6.07, 6.45) is 7.03. The maximum absolute atomic E-state index is 10.3. The maximum atomic E-state index is 10.3. The Morgan fingerprint density at radius 2 is 2.06 bits per heavy atom. The van der Waals surface area contributed by atoms with Crippen LogP contribution in [0.4, 0.5) is 0 Å². The lowest BCUT2D eigenvalue weighted by molar-refractivity contribution is -0.0971. The van der Waals surface area contributed by atoms with Crippen molar-refractivity contribution in [3.63, 3.8) is 0 Å². The zero-order chi connectivity index (χ0) is 11.4. The summed E-state index contributed by atoms with van der Waals surface area (Å²) in [5, 5.41) is 13.6. The van der Waals surface area contributed by atoms with E-state index in [0.29, 0.717) is 12.7 Å². The minimum atomic E-state index is -0.564. The van der Waals surface area contributed by atoms with Crippen molar-refractivity contribution >= 4 is 0 Å². The Kier molecular flexibility index (Phi) is 4.22. The van der Waals surface area contributed by atoms with Gasteiger partial charge in [0.05, 0.1) is 18.3 Å². The lowest BCUT2D eigenvalue weighted by Crippen LogP contribution is -2.46. The van der Waals surface area contributed by atoms with E-state index in [1.807, 2.05) is 0 Å². The molecule has 2 N–H and O–H groups in total. The second-order valence-electron chi connectivity index (χ2n) is 5.68. The fourth-order valence-electron chi connectivity index (χ4n) is 2.84. The van der Waals surface area contributed by atoms with Crippen molar-refractivity contribution in [1.29, 1.82) is 0 Å². The molecule has 1 saturated heterocycles. The molecule has 1 aliphatic carbocycles. The molecule has 0 aromatic heterocycles. The zero-order valence-corrected chi connectivity index (χ0v) is 10.4. The summed E-state index contributed by atoms with van der Waals surface area (Å²) in [7, 11) is 0. The monoisotopic (exact) mass is 227 g/mol. The highest BCUT2D eigenvalue weighted by atomic mass is 16.5. The molecule has 2 atom stereocenters. The molecule has 3 heteroatoms. The first kappa shape index (κ1) is 12.3. The highest BCUT2D eigenvalue weighted by molar-refractivity contribution is 4.84. The Morgan fingerprint density at radius 1 is 1.31 bits per heavy atom. The van der Waals surface area contributed by atoms with Crippen LogP contribution in [-0.2, 0) is 4.74 Å². The van der Waals surface area contributed by atoms with Crippen LogP contribution < -0.4 is 5.32 Å². The highest BCUT2D eigenvalue weighted by Crippen LogP contribution is 2.27. The molecular weight excluding hydrogens is 202 g/mol. The highest BCUT2D eigenvalue weighted by Gasteiger charge is 2.31. The van der Waals surface area contributed by atoms with Gasteiger partial charge in [-0.05, 0) is 44.7 Å². The lowest BCUT2D eigenvalue weighted by atomic mass is 9.88. The van der Waals surface area contributed by atoms with Crippen LogP contribution in [0.3, 0.4) is 0 Å². The van der Waals surface area contributed by atoms with Gasteiger partial charge in [0.15, 0.2) is 0 Å². The van der Waals surface area contributed by atoms with Crippen LogP contribution in [0.1, 0.15) is 45.4 Å². The molecule has 2 unspecified atom stereocenters. The van der Waals surface area contributed by atoms with Gasteiger partial charge < -0.3 is 15.2 Å². The normalized spacial score (nSPS) is 34.9. The van der Waals surface area contributed by atoms with Crippen molar-refractivity contribution in [2.75, 3.05) is 19.7 Å². The molecule has 0 bridgehead atoms. The second kappa shape index (κ2) is 5.48. The predicted molar refractivity (Wildman–Crippen MR) is 64.4 cm³/mol. The van der Waals surface area contributed by atoms with E-state index in [4.69, 9.17) is 4.74 Å². The topological polar surface area (TPSA) is 41.5 Å². The summed E-state index contributed by atoms with van der Waals surface area (Å²) in [5.41, 5.74) is -0.564. The summed E-state index contributed by atoms with van der Waals surface area (Å²) in [6.45, 7) is 4.67. The molecule has 0 radical (unpaired) electrons. The molecular formula is C13H25NO2. The van der Waals surface area contributed by atoms with Crippen LogP contribution in [-0.4, -0.2) is 36.5 Å². The van der Waals surface area contributed by atoms with Crippen LogP contribution in [0.25, 0.3) is 0 Å². The van der Waals surface area contributed by atoms with Gasteiger partial charge in [-0.25, -0.2) is 0 Å². The molecule has 0 aromatic carbocycles. The molecule has 16 heavy (non-hydrogen) atoms. The number of nitrogens with one attached hydrogen (secondary N) is 1. The van der Waals surface area contributed by atoms with E-state index in [1.165, 1.54) is 25.7 Å². The summed E-state index contributed by atoms with van der Waals surface area (Å²) in [6, 6.07) is 0. The fraction of sp³-hybridized carbons (Fsp3) is 1.00. The lowest BCUT2D eigenvalue weighted by Gasteiger charge is -2.35. The Bertz CT molecular complexity index is 214. The summed E-state index contributed by atoms with van der Waals surface area (Å²) < 4.78 is 5.92. The molecule has 1 heterocycles. The van der Waals surface area contributed by atoms with Crippen LogP contribution >= 0.6 is 0 Å². The van der Waals surface area contributed by atoms with Gasteiger partial charge in [0, 0.05) is 0 Å². The average Bonchev–Trinajstić information content (AvgIpc) is 2.28. The first-order valence-corrected chi connectivity index (χ1v) is 6.73. The van der Waals surface area contributed by atoms with E-state index in [2.05, 4.69) is 12.2 Å². The van der Waals surface area contributed by atoms with Gasteiger partial charge in [-0.3, -0.25) is 0 Å². The Labute approximate surface area is 98.6 Å². The van der Waals surface area contributed by atoms with E-state index in [1.54, 1.807) is 0 Å². The molecule has 2 rings (SSSR count). The quantitative estimate of drug-likeness (QED) is 0.771. The van der Waals surface area contributed by atoms with Gasteiger partial charge in [0.2, 0.25) is 0 Å². The SMILES string of the molecule is CC1CCCC(OCC2(O)CCNCC2)C1. The van der Waals surface area contributed by atoms with Gasteiger partial charge in [-0.2, -0.15) is 0 Å². The number of aliphatic hydroxyl groups is 1. The standard InChI is InChI=1S/C13H25NO2/c1-11-3-2-4-12(9-11)16-10-13(15)5-7-14-8-6-13/h11-12,14-15H,2-10H2,1H3.